The van der Waals surface area contributed by atoms with Crippen molar-refractivity contribution in [3.8, 4) is 0 Å². The molecule has 0 bridgehead atoms. The summed E-state index contributed by atoms with van der Waals surface area (Å²) < 4.78 is 26.2. The van der Waals surface area contributed by atoms with E-state index in [-0.39, 0.29) is 10.8 Å². The van der Waals surface area contributed by atoms with Gasteiger partial charge in [0, 0.05) is 18.7 Å². The molecule has 1 amide bonds. The van der Waals surface area contributed by atoms with E-state index in [4.69, 9.17) is 0 Å². The Balaban J connectivity index is 1.86. The van der Waals surface area contributed by atoms with Crippen molar-refractivity contribution >= 4 is 15.9 Å². The number of amides is 1. The molecule has 0 spiro atoms. The number of hydrogen-bond donors (Lipinski definition) is 2. The van der Waals surface area contributed by atoms with E-state index in [1.165, 1.54) is 41.0 Å². The Kier molecular flexibility index (Phi) is 6.94. The van der Waals surface area contributed by atoms with Gasteiger partial charge in [-0.05, 0) is 62.1 Å². The normalized spacial score (nSPS) is 11.3. The van der Waals surface area contributed by atoms with Crippen molar-refractivity contribution in [2.45, 2.75) is 38.5 Å². The van der Waals surface area contributed by atoms with E-state index in [0.29, 0.717) is 18.7 Å². The summed E-state index contributed by atoms with van der Waals surface area (Å²) >= 11 is 0. The maximum absolute atomic E-state index is 12.2. The number of rotatable bonds is 8. The number of hydrogen-bond acceptors (Lipinski definition) is 3. The van der Waals surface area contributed by atoms with Gasteiger partial charge in [0.25, 0.3) is 5.91 Å². The number of aryl methyl sites for hydroxylation is 3. The van der Waals surface area contributed by atoms with Crippen LogP contribution in [0.15, 0.2) is 47.4 Å². The quantitative estimate of drug-likeness (QED) is 0.698. The van der Waals surface area contributed by atoms with Gasteiger partial charge in [0.05, 0.1) is 4.90 Å². The Labute approximate surface area is 155 Å². The lowest BCUT2D eigenvalue weighted by Crippen LogP contribution is -2.25. The van der Waals surface area contributed by atoms with Crippen LogP contribution in [0.5, 0.6) is 0 Å². The number of carbonyl (C=O) groups is 1. The summed E-state index contributed by atoms with van der Waals surface area (Å²) in [5.41, 5.74) is 4.27. The molecule has 0 heterocycles. The Morgan fingerprint density at radius 1 is 1.04 bits per heavy atom. The van der Waals surface area contributed by atoms with E-state index in [9.17, 15) is 13.2 Å². The Morgan fingerprint density at radius 2 is 1.73 bits per heavy atom. The molecule has 2 rings (SSSR count). The fraction of sp³-hybridized carbons (Fsp3) is 0.350. The van der Waals surface area contributed by atoms with Crippen molar-refractivity contribution in [3.05, 3.63) is 64.7 Å². The van der Waals surface area contributed by atoms with E-state index < -0.39 is 10.0 Å². The SMILES string of the molecule is CCNS(=O)(=O)c1ccc(C(=O)NCCCc2ccc(C)cc2C)cc1. The summed E-state index contributed by atoms with van der Waals surface area (Å²) in [4.78, 5) is 12.3. The van der Waals surface area contributed by atoms with E-state index in [2.05, 4.69) is 42.1 Å². The van der Waals surface area contributed by atoms with Gasteiger partial charge in [0.1, 0.15) is 0 Å². The molecule has 6 heteroatoms. The highest BCUT2D eigenvalue weighted by molar-refractivity contribution is 7.89. The second kappa shape index (κ2) is 8.96. The van der Waals surface area contributed by atoms with Crippen LogP contribution in [0.1, 0.15) is 40.4 Å². The van der Waals surface area contributed by atoms with Crippen molar-refractivity contribution in [1.29, 1.82) is 0 Å². The van der Waals surface area contributed by atoms with Gasteiger partial charge in [0.2, 0.25) is 10.0 Å². The minimum absolute atomic E-state index is 0.158. The van der Waals surface area contributed by atoms with Crippen molar-refractivity contribution in [1.82, 2.24) is 10.0 Å². The summed E-state index contributed by atoms with van der Waals surface area (Å²) in [5, 5.41) is 2.88. The third kappa shape index (κ3) is 5.41. The van der Waals surface area contributed by atoms with E-state index in [1.54, 1.807) is 6.92 Å². The predicted octanol–water partition coefficient (Wildman–Crippen LogP) is 2.96. The summed E-state index contributed by atoms with van der Waals surface area (Å²) in [6.45, 7) is 6.79. The van der Waals surface area contributed by atoms with Gasteiger partial charge >= 0.3 is 0 Å². The van der Waals surface area contributed by atoms with Gasteiger partial charge in [-0.3, -0.25) is 4.79 Å². The number of carbonyl (C=O) groups excluding carboxylic acids is 1. The number of nitrogens with one attached hydrogen (secondary N) is 2. The van der Waals surface area contributed by atoms with Crippen molar-refractivity contribution in [2.24, 2.45) is 0 Å². The van der Waals surface area contributed by atoms with Crippen LogP contribution in [0.3, 0.4) is 0 Å². The molecule has 140 valence electrons. The average molecular weight is 375 g/mol. The minimum Gasteiger partial charge on any atom is -0.352 e. The largest absolute Gasteiger partial charge is 0.352 e. The molecule has 0 saturated carbocycles. The average Bonchev–Trinajstić information content (AvgIpc) is 2.60. The maximum atomic E-state index is 12.2. The molecule has 2 aromatic rings. The zero-order chi connectivity index (χ0) is 19.2. The van der Waals surface area contributed by atoms with Crippen molar-refractivity contribution < 1.29 is 13.2 Å². The molecule has 5 nitrogen and oxygen atoms in total. The highest BCUT2D eigenvalue weighted by Crippen LogP contribution is 2.13. The molecule has 0 aliphatic heterocycles. The highest BCUT2D eigenvalue weighted by atomic mass is 32.2. The fourth-order valence-electron chi connectivity index (χ4n) is 2.77. The van der Waals surface area contributed by atoms with E-state index >= 15 is 0 Å². The maximum Gasteiger partial charge on any atom is 0.251 e. The van der Waals surface area contributed by atoms with Crippen LogP contribution in [0, 0.1) is 13.8 Å². The van der Waals surface area contributed by atoms with Crippen molar-refractivity contribution in [3.63, 3.8) is 0 Å². The molecule has 0 atom stereocenters. The Bertz CT molecular complexity index is 859. The van der Waals surface area contributed by atoms with E-state index in [0.717, 1.165) is 12.8 Å². The second-order valence-electron chi connectivity index (χ2n) is 6.32. The molecular formula is C20H26N2O3S. The van der Waals surface area contributed by atoms with E-state index in [1.807, 2.05) is 0 Å². The highest BCUT2D eigenvalue weighted by Gasteiger charge is 2.13. The third-order valence-electron chi connectivity index (χ3n) is 4.17. The first-order valence-corrected chi connectivity index (χ1v) is 10.3. The second-order valence-corrected chi connectivity index (χ2v) is 8.08. The van der Waals surface area contributed by atoms with Crippen LogP contribution in [-0.4, -0.2) is 27.4 Å². The minimum atomic E-state index is -3.49. The van der Waals surface area contributed by atoms with Crippen LogP contribution in [0.4, 0.5) is 0 Å². The van der Waals surface area contributed by atoms with Gasteiger partial charge in [-0.15, -0.1) is 0 Å². The molecule has 0 aromatic heterocycles. The lowest BCUT2D eigenvalue weighted by Gasteiger charge is -2.09. The van der Waals surface area contributed by atoms with Gasteiger partial charge < -0.3 is 5.32 Å². The van der Waals surface area contributed by atoms with Crippen LogP contribution in [0.2, 0.25) is 0 Å². The Hall–Kier alpha value is -2.18. The molecule has 0 aliphatic rings. The molecule has 2 N–H and O–H groups in total. The van der Waals surface area contributed by atoms with Gasteiger partial charge in [-0.25, -0.2) is 13.1 Å². The van der Waals surface area contributed by atoms with Crippen LogP contribution < -0.4 is 10.0 Å². The first-order valence-electron chi connectivity index (χ1n) is 8.77. The van der Waals surface area contributed by atoms with Crippen LogP contribution in [-0.2, 0) is 16.4 Å². The number of benzene rings is 2. The summed E-state index contributed by atoms with van der Waals surface area (Å²) in [6.07, 6.45) is 1.76. The zero-order valence-electron chi connectivity index (χ0n) is 15.5. The van der Waals surface area contributed by atoms with Gasteiger partial charge in [0.15, 0.2) is 0 Å². The molecule has 26 heavy (non-hydrogen) atoms. The van der Waals surface area contributed by atoms with Crippen LogP contribution in [0.25, 0.3) is 0 Å². The molecule has 0 fully saturated rings. The zero-order valence-corrected chi connectivity index (χ0v) is 16.3. The molecule has 0 aliphatic carbocycles. The number of sulfonamides is 1. The summed E-state index contributed by atoms with van der Waals surface area (Å²) in [6, 6.07) is 12.4. The van der Waals surface area contributed by atoms with Crippen molar-refractivity contribution in [2.75, 3.05) is 13.1 Å². The molecule has 0 unspecified atom stereocenters. The summed E-state index contributed by atoms with van der Waals surface area (Å²) in [7, 11) is -3.49. The summed E-state index contributed by atoms with van der Waals surface area (Å²) in [5.74, 6) is -0.196. The fourth-order valence-corrected chi connectivity index (χ4v) is 3.81. The smallest absolute Gasteiger partial charge is 0.251 e. The van der Waals surface area contributed by atoms with Gasteiger partial charge in [-0.1, -0.05) is 30.7 Å². The first kappa shape index (κ1) is 20.1. The lowest BCUT2D eigenvalue weighted by atomic mass is 10.0. The molecule has 0 saturated heterocycles. The lowest BCUT2D eigenvalue weighted by molar-refractivity contribution is 0.0953. The van der Waals surface area contributed by atoms with Crippen LogP contribution >= 0.6 is 0 Å². The topological polar surface area (TPSA) is 75.3 Å². The molecular weight excluding hydrogens is 348 g/mol. The first-order chi connectivity index (χ1) is 12.3. The predicted molar refractivity (Wildman–Crippen MR) is 104 cm³/mol. The molecule has 2 aromatic carbocycles. The standard InChI is InChI=1S/C20H26N2O3S/c1-4-22-26(24,25)19-11-9-18(10-12-19)20(23)21-13-5-6-17-8-7-15(2)14-16(17)3/h7-12,14,22H,4-6,13H2,1-3H3,(H,21,23). The monoisotopic (exact) mass is 374 g/mol. The molecule has 0 radical (unpaired) electrons. The Morgan fingerprint density at radius 3 is 2.35 bits per heavy atom. The van der Waals surface area contributed by atoms with Gasteiger partial charge in [-0.2, -0.15) is 0 Å². The third-order valence-corrected chi connectivity index (χ3v) is 5.73.